The molecule has 1 rings (SSSR count). The maximum atomic E-state index is 12.6. The Morgan fingerprint density at radius 1 is 1.28 bits per heavy atom. The minimum Gasteiger partial charge on any atom is -0.300 e. The molecule has 0 bridgehead atoms. The second kappa shape index (κ2) is 5.83. The first-order chi connectivity index (χ1) is 8.32. The van der Waals surface area contributed by atoms with E-state index in [1.807, 2.05) is 0 Å². The summed E-state index contributed by atoms with van der Waals surface area (Å²) in [4.78, 5) is 1.38. The van der Waals surface area contributed by atoms with Gasteiger partial charge in [-0.2, -0.15) is 18.4 Å². The van der Waals surface area contributed by atoms with Gasteiger partial charge in [-0.25, -0.2) is 4.39 Å². The Labute approximate surface area is 102 Å². The Bertz CT molecular complexity index is 419. The molecule has 0 radical (unpaired) electrons. The van der Waals surface area contributed by atoms with E-state index >= 15 is 0 Å². The van der Waals surface area contributed by atoms with E-state index in [0.29, 0.717) is 5.56 Å². The van der Waals surface area contributed by atoms with Crippen molar-refractivity contribution in [2.45, 2.75) is 12.7 Å². The zero-order valence-corrected chi connectivity index (χ0v) is 9.71. The first kappa shape index (κ1) is 14.5. The summed E-state index contributed by atoms with van der Waals surface area (Å²) in [6.07, 6.45) is -4.52. The van der Waals surface area contributed by atoms with Gasteiger partial charge in [0.1, 0.15) is 5.82 Å². The molecule has 0 aliphatic heterocycles. The van der Waals surface area contributed by atoms with Crippen LogP contribution < -0.4 is 0 Å². The molecule has 0 aliphatic carbocycles. The number of nitrogens with zero attached hydrogens (tertiary/aromatic N) is 2. The Balaban J connectivity index is 2.59. The fourth-order valence-electron chi connectivity index (χ4n) is 1.50. The summed E-state index contributed by atoms with van der Waals surface area (Å²) in [5, 5.41) is 8.47. The van der Waals surface area contributed by atoms with Gasteiger partial charge in [-0.1, -0.05) is 12.1 Å². The molecular formula is C12H12F4N2. The largest absolute Gasteiger partial charge is 0.405 e. The van der Waals surface area contributed by atoms with Gasteiger partial charge in [-0.15, -0.1) is 0 Å². The van der Waals surface area contributed by atoms with Gasteiger partial charge in [0.05, 0.1) is 6.07 Å². The third kappa shape index (κ3) is 4.34. The highest BCUT2D eigenvalue weighted by atomic mass is 19.4. The Hall–Kier alpha value is -1.61. The van der Waals surface area contributed by atoms with E-state index in [1.165, 1.54) is 42.3 Å². The Morgan fingerprint density at radius 3 is 2.28 bits per heavy atom. The normalized spacial score (nSPS) is 13.4. The van der Waals surface area contributed by atoms with Crippen LogP contribution in [0.1, 0.15) is 5.56 Å². The zero-order valence-electron chi connectivity index (χ0n) is 9.71. The second-order valence-electron chi connectivity index (χ2n) is 4.05. The van der Waals surface area contributed by atoms with Crippen molar-refractivity contribution in [1.29, 1.82) is 5.26 Å². The fraction of sp³-hybridized carbons (Fsp3) is 0.417. The summed E-state index contributed by atoms with van der Waals surface area (Å²) >= 11 is 0. The zero-order chi connectivity index (χ0) is 13.8. The lowest BCUT2D eigenvalue weighted by Gasteiger charge is -2.21. The molecule has 0 fully saturated rings. The van der Waals surface area contributed by atoms with Gasteiger partial charge in [0.2, 0.25) is 0 Å². The van der Waals surface area contributed by atoms with E-state index in [2.05, 4.69) is 0 Å². The van der Waals surface area contributed by atoms with E-state index in [4.69, 9.17) is 5.26 Å². The molecule has 0 saturated carbocycles. The molecule has 1 aromatic rings. The van der Waals surface area contributed by atoms with Crippen LogP contribution in [0, 0.1) is 23.1 Å². The van der Waals surface area contributed by atoms with Gasteiger partial charge in [-0.3, -0.25) is 0 Å². The molecule has 18 heavy (non-hydrogen) atoms. The monoisotopic (exact) mass is 260 g/mol. The SMILES string of the molecule is CN(Cc1ccc(F)cc1)CC(C#N)C(F)(F)F. The average Bonchev–Trinajstić information content (AvgIpc) is 2.27. The van der Waals surface area contributed by atoms with Gasteiger partial charge >= 0.3 is 6.18 Å². The quantitative estimate of drug-likeness (QED) is 0.778. The lowest BCUT2D eigenvalue weighted by Crippen LogP contribution is -2.33. The molecule has 6 heteroatoms. The standard InChI is InChI=1S/C12H12F4N2/c1-18(8-10(6-17)12(14,15)16)7-9-2-4-11(13)5-3-9/h2-5,10H,7-8H2,1H3. The van der Waals surface area contributed by atoms with Crippen LogP contribution in [0.2, 0.25) is 0 Å². The third-order valence-electron chi connectivity index (χ3n) is 2.41. The lowest BCUT2D eigenvalue weighted by atomic mass is 10.1. The highest BCUT2D eigenvalue weighted by Crippen LogP contribution is 2.26. The first-order valence-electron chi connectivity index (χ1n) is 5.22. The summed E-state index contributed by atoms with van der Waals surface area (Å²) in [7, 11) is 1.49. The van der Waals surface area contributed by atoms with E-state index < -0.39 is 24.5 Å². The van der Waals surface area contributed by atoms with Crippen LogP contribution in [-0.4, -0.2) is 24.7 Å². The molecule has 0 aliphatic rings. The molecule has 0 saturated heterocycles. The number of nitriles is 1. The van der Waals surface area contributed by atoms with Gasteiger partial charge in [0.15, 0.2) is 5.92 Å². The molecule has 1 unspecified atom stereocenters. The molecule has 2 nitrogen and oxygen atoms in total. The second-order valence-corrected chi connectivity index (χ2v) is 4.05. The van der Waals surface area contributed by atoms with Crippen molar-refractivity contribution >= 4 is 0 Å². The number of alkyl halides is 3. The fourth-order valence-corrected chi connectivity index (χ4v) is 1.50. The molecule has 1 aromatic carbocycles. The van der Waals surface area contributed by atoms with Gasteiger partial charge in [0, 0.05) is 13.1 Å². The predicted octanol–water partition coefficient (Wildman–Crippen LogP) is 2.96. The smallest absolute Gasteiger partial charge is 0.300 e. The molecule has 0 heterocycles. The van der Waals surface area contributed by atoms with Crippen LogP contribution in [0.4, 0.5) is 17.6 Å². The molecule has 0 N–H and O–H groups in total. The van der Waals surface area contributed by atoms with Gasteiger partial charge in [0.25, 0.3) is 0 Å². The number of hydrogen-bond donors (Lipinski definition) is 0. The average molecular weight is 260 g/mol. The highest BCUT2D eigenvalue weighted by molar-refractivity contribution is 5.15. The van der Waals surface area contributed by atoms with Crippen LogP contribution in [0.15, 0.2) is 24.3 Å². The van der Waals surface area contributed by atoms with Crippen LogP contribution >= 0.6 is 0 Å². The van der Waals surface area contributed by atoms with Crippen molar-refractivity contribution in [3.8, 4) is 6.07 Å². The van der Waals surface area contributed by atoms with Gasteiger partial charge < -0.3 is 4.90 Å². The van der Waals surface area contributed by atoms with Crippen molar-refractivity contribution < 1.29 is 17.6 Å². The molecule has 98 valence electrons. The van der Waals surface area contributed by atoms with E-state index in [9.17, 15) is 17.6 Å². The highest BCUT2D eigenvalue weighted by Gasteiger charge is 2.40. The Kier molecular flexibility index (Phi) is 4.68. The van der Waals surface area contributed by atoms with E-state index in [1.54, 1.807) is 0 Å². The van der Waals surface area contributed by atoms with Crippen molar-refractivity contribution in [3.05, 3.63) is 35.6 Å². The molecule has 0 aromatic heterocycles. The summed E-state index contributed by atoms with van der Waals surface area (Å²) in [6, 6.07) is 6.73. The lowest BCUT2D eigenvalue weighted by molar-refractivity contribution is -0.162. The van der Waals surface area contributed by atoms with Crippen molar-refractivity contribution in [2.75, 3.05) is 13.6 Å². The topological polar surface area (TPSA) is 27.0 Å². The van der Waals surface area contributed by atoms with E-state index in [-0.39, 0.29) is 6.54 Å². The maximum Gasteiger partial charge on any atom is 0.405 e. The third-order valence-corrected chi connectivity index (χ3v) is 2.41. The van der Waals surface area contributed by atoms with Crippen molar-refractivity contribution in [3.63, 3.8) is 0 Å². The summed E-state index contributed by atoms with van der Waals surface area (Å²) in [5.74, 6) is -2.41. The number of halogens is 4. The molecule has 0 spiro atoms. The van der Waals surface area contributed by atoms with Crippen LogP contribution in [-0.2, 0) is 6.54 Å². The van der Waals surface area contributed by atoms with Crippen LogP contribution in [0.25, 0.3) is 0 Å². The van der Waals surface area contributed by atoms with Gasteiger partial charge in [-0.05, 0) is 24.7 Å². The number of rotatable bonds is 4. The number of benzene rings is 1. The molecule has 0 amide bonds. The Morgan fingerprint density at radius 2 is 1.83 bits per heavy atom. The summed E-state index contributed by atoms with van der Waals surface area (Å²) < 4.78 is 49.8. The molecular weight excluding hydrogens is 248 g/mol. The number of hydrogen-bond acceptors (Lipinski definition) is 2. The van der Waals surface area contributed by atoms with Crippen LogP contribution in [0.5, 0.6) is 0 Å². The molecule has 1 atom stereocenters. The summed E-state index contributed by atoms with van der Waals surface area (Å²) in [6.45, 7) is -0.175. The van der Waals surface area contributed by atoms with Crippen molar-refractivity contribution in [1.82, 2.24) is 4.90 Å². The first-order valence-corrected chi connectivity index (χ1v) is 5.22. The van der Waals surface area contributed by atoms with Crippen LogP contribution in [0.3, 0.4) is 0 Å². The minimum atomic E-state index is -4.52. The predicted molar refractivity (Wildman–Crippen MR) is 57.9 cm³/mol. The van der Waals surface area contributed by atoms with Crippen molar-refractivity contribution in [2.24, 2.45) is 5.92 Å². The van der Waals surface area contributed by atoms with E-state index in [0.717, 1.165) is 0 Å². The maximum absolute atomic E-state index is 12.6. The summed E-state index contributed by atoms with van der Waals surface area (Å²) in [5.41, 5.74) is 0.692. The minimum absolute atomic E-state index is 0.231.